The van der Waals surface area contributed by atoms with Gasteiger partial charge in [0.15, 0.2) is 0 Å². The number of halogens is 2. The van der Waals surface area contributed by atoms with E-state index < -0.39 is 6.04 Å². The van der Waals surface area contributed by atoms with E-state index in [1.165, 1.54) is 12.1 Å². The number of amides is 1. The summed E-state index contributed by atoms with van der Waals surface area (Å²) in [5.74, 6) is -0.283. The third-order valence-electron chi connectivity index (χ3n) is 4.52. The lowest BCUT2D eigenvalue weighted by Gasteiger charge is -2.37. The molecule has 2 atom stereocenters. The van der Waals surface area contributed by atoms with Crippen molar-refractivity contribution < 1.29 is 9.18 Å². The van der Waals surface area contributed by atoms with Crippen LogP contribution in [0.25, 0.3) is 0 Å². The van der Waals surface area contributed by atoms with Gasteiger partial charge in [-0.25, -0.2) is 4.39 Å². The molecule has 122 valence electrons. The average molecular weight is 380 g/mol. The highest BCUT2D eigenvalue weighted by atomic mass is 79.9. The van der Waals surface area contributed by atoms with Crippen molar-refractivity contribution >= 4 is 27.5 Å². The molecule has 0 saturated heterocycles. The summed E-state index contributed by atoms with van der Waals surface area (Å²) in [5.41, 5.74) is 2.61. The molecule has 2 heterocycles. The Morgan fingerprint density at radius 2 is 2.22 bits per heavy atom. The Morgan fingerprint density at radius 3 is 2.87 bits per heavy atom. The van der Waals surface area contributed by atoms with E-state index in [0.29, 0.717) is 0 Å². The van der Waals surface area contributed by atoms with Crippen molar-refractivity contribution in [1.82, 2.24) is 9.78 Å². The summed E-state index contributed by atoms with van der Waals surface area (Å²) in [4.78, 5) is 14.9. The number of hydrogen-bond donors (Lipinski definition) is 0. The minimum absolute atomic E-state index is 0.0243. The molecule has 4 nitrogen and oxygen atoms in total. The Hall–Kier alpha value is -1.69. The third-order valence-corrected chi connectivity index (χ3v) is 5.30. The lowest BCUT2D eigenvalue weighted by atomic mass is 9.95. The summed E-state index contributed by atoms with van der Waals surface area (Å²) in [6, 6.07) is 4.32. The average Bonchev–Trinajstić information content (AvgIpc) is 2.86. The van der Waals surface area contributed by atoms with Crippen LogP contribution < -0.4 is 4.90 Å². The maximum absolute atomic E-state index is 13.5. The normalized spacial score (nSPS) is 18.7. The fraction of sp³-hybridized carbons (Fsp3) is 0.412. The predicted molar refractivity (Wildman–Crippen MR) is 91.0 cm³/mol. The fourth-order valence-corrected chi connectivity index (χ4v) is 3.43. The van der Waals surface area contributed by atoms with Crippen molar-refractivity contribution in [3.63, 3.8) is 0 Å². The molecular weight excluding hydrogens is 361 g/mol. The van der Waals surface area contributed by atoms with E-state index >= 15 is 0 Å². The van der Waals surface area contributed by atoms with Gasteiger partial charge in [-0.1, -0.05) is 0 Å². The monoisotopic (exact) mass is 379 g/mol. The van der Waals surface area contributed by atoms with Crippen LogP contribution in [0, 0.1) is 12.7 Å². The highest BCUT2D eigenvalue weighted by Crippen LogP contribution is 2.33. The van der Waals surface area contributed by atoms with Gasteiger partial charge in [-0.2, -0.15) is 5.10 Å². The summed E-state index contributed by atoms with van der Waals surface area (Å²) < 4.78 is 16.1. The molecule has 2 aromatic rings. The molecule has 0 N–H and O–H groups in total. The van der Waals surface area contributed by atoms with Crippen LogP contribution in [-0.4, -0.2) is 21.7 Å². The Labute approximate surface area is 143 Å². The zero-order valence-electron chi connectivity index (χ0n) is 13.4. The minimum Gasteiger partial charge on any atom is -0.308 e. The summed E-state index contributed by atoms with van der Waals surface area (Å²) in [5, 5.41) is 4.29. The van der Waals surface area contributed by atoms with Crippen LogP contribution in [0.1, 0.15) is 37.6 Å². The number of carbonyl (C=O) groups excluding carboxylic acids is 1. The molecular formula is C17H19BrFN3O. The molecule has 1 amide bonds. The molecule has 0 unspecified atom stereocenters. The number of anilines is 1. The van der Waals surface area contributed by atoms with Crippen LogP contribution in [-0.2, 0) is 11.2 Å². The van der Waals surface area contributed by atoms with Gasteiger partial charge in [-0.15, -0.1) is 0 Å². The summed E-state index contributed by atoms with van der Waals surface area (Å²) in [6.45, 7) is 5.80. The van der Waals surface area contributed by atoms with Crippen molar-refractivity contribution in [3.8, 4) is 0 Å². The van der Waals surface area contributed by atoms with E-state index in [9.17, 15) is 9.18 Å². The van der Waals surface area contributed by atoms with Crippen molar-refractivity contribution in [2.24, 2.45) is 0 Å². The van der Waals surface area contributed by atoms with E-state index in [-0.39, 0.29) is 17.8 Å². The number of rotatable bonds is 2. The number of nitrogens with zero attached hydrogens (tertiary/aromatic N) is 3. The molecule has 0 radical (unpaired) electrons. The Balaban J connectivity index is 1.97. The lowest BCUT2D eigenvalue weighted by molar-refractivity contribution is -0.122. The number of aromatic nitrogens is 2. The Bertz CT molecular complexity index is 758. The third kappa shape index (κ3) is 2.80. The SMILES string of the molecule is Cc1c(Br)cnn1[C@@H](C)C(=O)N1c2ccc(F)cc2CC[C@@H]1C. The van der Waals surface area contributed by atoms with Gasteiger partial charge in [0.1, 0.15) is 11.9 Å². The van der Waals surface area contributed by atoms with E-state index in [2.05, 4.69) is 21.0 Å². The number of carbonyl (C=O) groups is 1. The number of aryl methyl sites for hydroxylation is 1. The van der Waals surface area contributed by atoms with Gasteiger partial charge in [0.25, 0.3) is 5.91 Å². The first kappa shape index (κ1) is 16.2. The molecule has 0 bridgehead atoms. The van der Waals surface area contributed by atoms with E-state index in [1.807, 2.05) is 20.8 Å². The number of fused-ring (bicyclic) bond motifs is 1. The maximum atomic E-state index is 13.5. The molecule has 1 aromatic carbocycles. The van der Waals surface area contributed by atoms with Crippen LogP contribution >= 0.6 is 15.9 Å². The minimum atomic E-state index is -0.417. The van der Waals surface area contributed by atoms with Crippen molar-refractivity contribution in [2.45, 2.75) is 45.7 Å². The maximum Gasteiger partial charge on any atom is 0.251 e. The molecule has 0 aliphatic carbocycles. The van der Waals surface area contributed by atoms with Gasteiger partial charge in [0.05, 0.1) is 16.4 Å². The first-order valence-corrected chi connectivity index (χ1v) is 8.50. The molecule has 23 heavy (non-hydrogen) atoms. The van der Waals surface area contributed by atoms with Crippen LogP contribution in [0.15, 0.2) is 28.9 Å². The fourth-order valence-electron chi connectivity index (χ4n) is 3.15. The van der Waals surface area contributed by atoms with Crippen molar-refractivity contribution in [1.29, 1.82) is 0 Å². The zero-order valence-corrected chi connectivity index (χ0v) is 15.0. The molecule has 1 aliphatic rings. The van der Waals surface area contributed by atoms with Gasteiger partial charge in [0, 0.05) is 11.7 Å². The highest BCUT2D eigenvalue weighted by Gasteiger charge is 2.32. The standard InChI is InChI=1S/C17H19BrFN3O/c1-10-4-5-13-8-14(19)6-7-16(13)21(10)17(23)12(3)22-11(2)15(18)9-20-22/h6-10,12H,4-5H2,1-3H3/t10-,12-/m0/s1. The predicted octanol–water partition coefficient (Wildman–Crippen LogP) is 4.02. The van der Waals surface area contributed by atoms with Crippen LogP contribution in [0.5, 0.6) is 0 Å². The first-order valence-electron chi connectivity index (χ1n) is 7.71. The Morgan fingerprint density at radius 1 is 1.48 bits per heavy atom. The summed E-state index contributed by atoms with van der Waals surface area (Å²) >= 11 is 3.43. The lowest BCUT2D eigenvalue weighted by Crippen LogP contribution is -2.45. The van der Waals surface area contributed by atoms with Gasteiger partial charge in [0.2, 0.25) is 0 Å². The largest absolute Gasteiger partial charge is 0.308 e. The van der Waals surface area contributed by atoms with Gasteiger partial charge < -0.3 is 4.90 Å². The summed E-state index contributed by atoms with van der Waals surface area (Å²) in [7, 11) is 0. The van der Waals surface area contributed by atoms with Gasteiger partial charge in [-0.05, 0) is 73.3 Å². The number of hydrogen-bond acceptors (Lipinski definition) is 2. The molecule has 3 rings (SSSR count). The quantitative estimate of drug-likeness (QED) is 0.789. The zero-order chi connectivity index (χ0) is 16.7. The molecule has 0 saturated carbocycles. The molecule has 1 aliphatic heterocycles. The van der Waals surface area contributed by atoms with Crippen LogP contribution in [0.3, 0.4) is 0 Å². The molecule has 6 heteroatoms. The second kappa shape index (κ2) is 6.07. The highest BCUT2D eigenvalue weighted by molar-refractivity contribution is 9.10. The number of benzene rings is 1. The van der Waals surface area contributed by atoms with Gasteiger partial charge >= 0.3 is 0 Å². The van der Waals surface area contributed by atoms with Crippen LogP contribution in [0.4, 0.5) is 10.1 Å². The van der Waals surface area contributed by atoms with Gasteiger partial charge in [-0.3, -0.25) is 9.48 Å². The topological polar surface area (TPSA) is 38.1 Å². The molecule has 0 fully saturated rings. The smallest absolute Gasteiger partial charge is 0.251 e. The van der Waals surface area contributed by atoms with E-state index in [4.69, 9.17) is 0 Å². The molecule has 1 aromatic heterocycles. The van der Waals surface area contributed by atoms with E-state index in [0.717, 1.165) is 34.3 Å². The second-order valence-electron chi connectivity index (χ2n) is 6.07. The Kier molecular flexibility index (Phi) is 4.27. The van der Waals surface area contributed by atoms with Crippen molar-refractivity contribution in [2.75, 3.05) is 4.90 Å². The summed E-state index contributed by atoms with van der Waals surface area (Å²) in [6.07, 6.45) is 3.32. The van der Waals surface area contributed by atoms with Crippen LogP contribution in [0.2, 0.25) is 0 Å². The molecule has 0 spiro atoms. The van der Waals surface area contributed by atoms with E-state index in [1.54, 1.807) is 21.8 Å². The second-order valence-corrected chi connectivity index (χ2v) is 6.92. The van der Waals surface area contributed by atoms with Crippen molar-refractivity contribution in [3.05, 3.63) is 45.9 Å². The first-order chi connectivity index (χ1) is 10.9.